The van der Waals surface area contributed by atoms with Gasteiger partial charge in [-0.15, -0.1) is 0 Å². The van der Waals surface area contributed by atoms with Gasteiger partial charge in [-0.25, -0.2) is 9.37 Å². The minimum atomic E-state index is -5.20. The van der Waals surface area contributed by atoms with Crippen molar-refractivity contribution < 1.29 is 41.7 Å². The number of carbonyl (C=O) groups is 2. The Bertz CT molecular complexity index is 1730. The van der Waals surface area contributed by atoms with Crippen LogP contribution in [0.2, 0.25) is 0 Å². The van der Waals surface area contributed by atoms with Crippen molar-refractivity contribution in [3.8, 4) is 17.2 Å². The van der Waals surface area contributed by atoms with Crippen LogP contribution in [-0.2, 0) is 9.59 Å². The lowest BCUT2D eigenvalue weighted by Crippen LogP contribution is -2.44. The van der Waals surface area contributed by atoms with Gasteiger partial charge in [0.15, 0.2) is 0 Å². The number of ether oxygens (including phenoxy) is 2. The number of aromatic nitrogens is 2. The third kappa shape index (κ3) is 4.60. The van der Waals surface area contributed by atoms with E-state index in [1.807, 2.05) is 13.8 Å². The molecule has 0 aliphatic carbocycles. The summed E-state index contributed by atoms with van der Waals surface area (Å²) in [5, 5.41) is 9.18. The molecule has 12 heteroatoms. The van der Waals surface area contributed by atoms with E-state index in [4.69, 9.17) is 9.47 Å². The maximum absolute atomic E-state index is 14.3. The molecular weight excluding hydrogens is 558 g/mol. The molecule has 3 heterocycles. The Labute approximate surface area is 237 Å². The number of anilines is 1. The molecule has 4 aromatic rings. The maximum Gasteiger partial charge on any atom is 0.471 e. The zero-order chi connectivity index (χ0) is 29.9. The van der Waals surface area contributed by atoms with Crippen LogP contribution >= 0.6 is 0 Å². The highest BCUT2D eigenvalue weighted by Gasteiger charge is 2.48. The number of hydrogen-bond acceptors (Lipinski definition) is 5. The first-order valence-electron chi connectivity index (χ1n) is 13.3. The summed E-state index contributed by atoms with van der Waals surface area (Å²) in [5.74, 6) is -3.06. The summed E-state index contributed by atoms with van der Waals surface area (Å²) >= 11 is 0. The van der Waals surface area contributed by atoms with Gasteiger partial charge in [-0.3, -0.25) is 19.1 Å². The second kappa shape index (κ2) is 10.0. The van der Waals surface area contributed by atoms with E-state index in [-0.39, 0.29) is 42.7 Å². The number of rotatable bonds is 6. The van der Waals surface area contributed by atoms with Crippen molar-refractivity contribution in [3.05, 3.63) is 77.4 Å². The van der Waals surface area contributed by atoms with Gasteiger partial charge in [0, 0.05) is 40.8 Å². The molecule has 0 saturated heterocycles. The number of benzene rings is 3. The molecule has 0 unspecified atom stereocenters. The number of fused-ring (bicyclic) bond motifs is 3. The molecule has 0 bridgehead atoms. The van der Waals surface area contributed by atoms with Gasteiger partial charge in [-0.05, 0) is 24.3 Å². The number of para-hydroxylation sites is 1. The molecular formula is C30H25F4N3O5. The van der Waals surface area contributed by atoms with E-state index in [0.717, 1.165) is 0 Å². The molecule has 0 saturated carbocycles. The quantitative estimate of drug-likeness (QED) is 0.269. The summed E-state index contributed by atoms with van der Waals surface area (Å²) < 4.78 is 69.5. The van der Waals surface area contributed by atoms with Crippen LogP contribution in [0.25, 0.3) is 16.7 Å². The average Bonchev–Trinajstić information content (AvgIpc) is 3.63. The van der Waals surface area contributed by atoms with Crippen LogP contribution in [-0.4, -0.2) is 45.9 Å². The molecule has 2 aliphatic rings. The van der Waals surface area contributed by atoms with Crippen molar-refractivity contribution in [2.45, 2.75) is 44.3 Å². The van der Waals surface area contributed by atoms with Gasteiger partial charge < -0.3 is 14.6 Å². The van der Waals surface area contributed by atoms with Gasteiger partial charge in [0.05, 0.1) is 35.8 Å². The van der Waals surface area contributed by atoms with Crippen molar-refractivity contribution in [2.24, 2.45) is 0 Å². The van der Waals surface area contributed by atoms with Crippen LogP contribution < -0.4 is 14.4 Å². The minimum absolute atomic E-state index is 0.0642. The van der Waals surface area contributed by atoms with Crippen LogP contribution in [0.1, 0.15) is 55.1 Å². The lowest BCUT2D eigenvalue weighted by molar-refractivity contribution is -0.171. The Morgan fingerprint density at radius 3 is 2.57 bits per heavy atom. The SMILES string of the molecule is CC(C)c1nc2ccc(F)cc2n1-c1cccc2c1OC[C@H]2N(C(=O)C(F)(F)F)c1ccc2c(c1)OC[C@H]2CC(=O)O. The smallest absolute Gasteiger partial charge is 0.471 e. The van der Waals surface area contributed by atoms with Crippen molar-refractivity contribution in [1.82, 2.24) is 9.55 Å². The third-order valence-electron chi connectivity index (χ3n) is 7.52. The normalized spacial score (nSPS) is 17.6. The highest BCUT2D eigenvalue weighted by atomic mass is 19.4. The zero-order valence-electron chi connectivity index (χ0n) is 22.5. The largest absolute Gasteiger partial charge is 0.493 e. The Kier molecular flexibility index (Phi) is 6.58. The summed E-state index contributed by atoms with van der Waals surface area (Å²) in [6.45, 7) is 3.63. The summed E-state index contributed by atoms with van der Waals surface area (Å²) in [5.41, 5.74) is 2.28. The van der Waals surface area contributed by atoms with Crippen LogP contribution in [0.3, 0.4) is 0 Å². The van der Waals surface area contributed by atoms with E-state index in [2.05, 4.69) is 4.98 Å². The molecule has 3 aromatic carbocycles. The molecule has 2 aliphatic heterocycles. The van der Waals surface area contributed by atoms with Gasteiger partial charge in [-0.2, -0.15) is 13.2 Å². The van der Waals surface area contributed by atoms with Crippen molar-refractivity contribution in [2.75, 3.05) is 18.1 Å². The molecule has 1 aromatic heterocycles. The Balaban J connectivity index is 1.47. The lowest BCUT2D eigenvalue weighted by Gasteiger charge is -2.29. The maximum atomic E-state index is 14.3. The van der Waals surface area contributed by atoms with E-state index >= 15 is 0 Å². The fourth-order valence-electron chi connectivity index (χ4n) is 5.68. The molecule has 42 heavy (non-hydrogen) atoms. The Hall–Kier alpha value is -4.61. The summed E-state index contributed by atoms with van der Waals surface area (Å²) in [6, 6.07) is 12.2. The standard InChI is InChI=1S/C30H25F4N3O5/c1-15(2)28-35-21-9-6-17(31)11-23(21)37(28)22-5-3-4-20-24(14-42-27(20)22)36(29(40)30(32,33)34)18-7-8-19-16(10-26(38)39)13-41-25(19)12-18/h3-9,11-12,15-16,24H,10,13-14H2,1-2H3,(H,38,39)/t16-,24-/m1/s1. The first-order chi connectivity index (χ1) is 19.9. The third-order valence-corrected chi connectivity index (χ3v) is 7.52. The summed E-state index contributed by atoms with van der Waals surface area (Å²) in [7, 11) is 0. The van der Waals surface area contributed by atoms with Crippen LogP contribution in [0, 0.1) is 5.82 Å². The number of amides is 1. The van der Waals surface area contributed by atoms with Crippen LogP contribution in [0.5, 0.6) is 11.5 Å². The molecule has 6 rings (SSSR count). The molecule has 218 valence electrons. The highest BCUT2D eigenvalue weighted by Crippen LogP contribution is 2.46. The van der Waals surface area contributed by atoms with Gasteiger partial charge in [-0.1, -0.05) is 32.0 Å². The number of nitrogens with zero attached hydrogens (tertiary/aromatic N) is 3. The molecule has 1 N–H and O–H groups in total. The number of imidazole rings is 1. The molecule has 0 fully saturated rings. The van der Waals surface area contributed by atoms with Crippen LogP contribution in [0.4, 0.5) is 23.2 Å². The van der Waals surface area contributed by atoms with Crippen molar-refractivity contribution in [3.63, 3.8) is 0 Å². The summed E-state index contributed by atoms with van der Waals surface area (Å²) in [4.78, 5) is 29.4. The minimum Gasteiger partial charge on any atom is -0.493 e. The number of carboxylic acids is 1. The van der Waals surface area contributed by atoms with E-state index in [1.54, 1.807) is 28.8 Å². The Morgan fingerprint density at radius 1 is 1.07 bits per heavy atom. The lowest BCUT2D eigenvalue weighted by atomic mass is 9.97. The van der Waals surface area contributed by atoms with E-state index in [9.17, 15) is 32.3 Å². The number of hydrogen-bond donors (Lipinski definition) is 1. The molecule has 8 nitrogen and oxygen atoms in total. The summed E-state index contributed by atoms with van der Waals surface area (Å²) in [6.07, 6.45) is -5.40. The van der Waals surface area contributed by atoms with Gasteiger partial charge in [0.1, 0.15) is 29.7 Å². The number of carboxylic acid groups (broad SMARTS) is 1. The number of carbonyl (C=O) groups excluding carboxylic acids is 1. The predicted molar refractivity (Wildman–Crippen MR) is 144 cm³/mol. The molecule has 0 spiro atoms. The predicted octanol–water partition coefficient (Wildman–Crippen LogP) is 6.27. The van der Waals surface area contributed by atoms with Crippen molar-refractivity contribution in [1.29, 1.82) is 0 Å². The number of aliphatic carboxylic acids is 1. The van der Waals surface area contributed by atoms with Crippen molar-refractivity contribution >= 4 is 28.6 Å². The van der Waals surface area contributed by atoms with E-state index < -0.39 is 35.8 Å². The fraction of sp³-hybridized carbons (Fsp3) is 0.300. The number of alkyl halides is 3. The molecule has 2 atom stereocenters. The number of halogens is 4. The van der Waals surface area contributed by atoms with Crippen LogP contribution in [0.15, 0.2) is 54.6 Å². The second-order valence-electron chi connectivity index (χ2n) is 10.6. The van der Waals surface area contributed by atoms with E-state index in [1.165, 1.54) is 30.3 Å². The monoisotopic (exact) mass is 583 g/mol. The van der Waals surface area contributed by atoms with Gasteiger partial charge in [0.25, 0.3) is 0 Å². The van der Waals surface area contributed by atoms with Gasteiger partial charge in [0.2, 0.25) is 0 Å². The first kappa shape index (κ1) is 27.6. The zero-order valence-corrected chi connectivity index (χ0v) is 22.5. The van der Waals surface area contributed by atoms with E-state index in [0.29, 0.717) is 38.6 Å². The fourth-order valence-corrected chi connectivity index (χ4v) is 5.68. The second-order valence-corrected chi connectivity index (χ2v) is 10.6. The van der Waals surface area contributed by atoms with Gasteiger partial charge >= 0.3 is 18.1 Å². The highest BCUT2D eigenvalue weighted by molar-refractivity contribution is 5.98. The molecule has 0 radical (unpaired) electrons. The topological polar surface area (TPSA) is 93.9 Å². The Morgan fingerprint density at radius 2 is 1.86 bits per heavy atom. The average molecular weight is 584 g/mol. The first-order valence-corrected chi connectivity index (χ1v) is 13.3. The molecule has 1 amide bonds.